The third-order valence-electron chi connectivity index (χ3n) is 6.85. The summed E-state index contributed by atoms with van der Waals surface area (Å²) in [6.07, 6.45) is 2.80. The van der Waals surface area contributed by atoms with Gasteiger partial charge < -0.3 is 20.5 Å². The van der Waals surface area contributed by atoms with Crippen LogP contribution in [0.2, 0.25) is 0 Å². The number of amides is 2. The summed E-state index contributed by atoms with van der Waals surface area (Å²) in [6.45, 7) is 0.646. The molecule has 1 fully saturated rings. The van der Waals surface area contributed by atoms with Crippen molar-refractivity contribution in [2.45, 2.75) is 31.2 Å². The van der Waals surface area contributed by atoms with Crippen molar-refractivity contribution < 1.29 is 24.2 Å². The van der Waals surface area contributed by atoms with Gasteiger partial charge in [-0.15, -0.1) is 0 Å². The fourth-order valence-corrected chi connectivity index (χ4v) is 4.97. The largest absolute Gasteiger partial charge is 0.478 e. The molecule has 1 unspecified atom stereocenters. The Morgan fingerprint density at radius 2 is 1.67 bits per heavy atom. The number of ether oxygens (including phenoxy) is 1. The van der Waals surface area contributed by atoms with Crippen LogP contribution in [0, 0.1) is 11.8 Å². The number of aliphatic carboxylic acids is 1. The quantitative estimate of drug-likeness (QED) is 0.604. The highest BCUT2D eigenvalue weighted by Gasteiger charge is 2.43. The van der Waals surface area contributed by atoms with Gasteiger partial charge in [-0.05, 0) is 47.4 Å². The minimum Gasteiger partial charge on any atom is -0.478 e. The maximum Gasteiger partial charge on any atom is 0.407 e. The predicted octanol–water partition coefficient (Wildman–Crippen LogP) is 3.45. The number of hydrogen-bond donors (Lipinski definition) is 3. The van der Waals surface area contributed by atoms with Gasteiger partial charge in [0.2, 0.25) is 5.91 Å². The lowest BCUT2D eigenvalue weighted by Crippen LogP contribution is -2.35. The van der Waals surface area contributed by atoms with Crippen LogP contribution < -0.4 is 10.6 Å². The molecule has 1 saturated carbocycles. The van der Waals surface area contributed by atoms with Gasteiger partial charge >= 0.3 is 12.1 Å². The average Bonchev–Trinajstić information content (AvgIpc) is 3.33. The molecule has 0 radical (unpaired) electrons. The van der Waals surface area contributed by atoms with Gasteiger partial charge in [-0.25, -0.2) is 9.59 Å². The van der Waals surface area contributed by atoms with Gasteiger partial charge in [-0.1, -0.05) is 54.6 Å². The lowest BCUT2D eigenvalue weighted by Gasteiger charge is -2.15. The van der Waals surface area contributed by atoms with Crippen molar-refractivity contribution >= 4 is 18.0 Å². The smallest absolute Gasteiger partial charge is 0.407 e. The predicted molar refractivity (Wildman–Crippen MR) is 122 cm³/mol. The molecule has 0 aromatic heterocycles. The van der Waals surface area contributed by atoms with E-state index in [9.17, 15) is 14.4 Å². The van der Waals surface area contributed by atoms with Crippen LogP contribution in [0.15, 0.2) is 60.2 Å². The summed E-state index contributed by atoms with van der Waals surface area (Å²) < 4.78 is 5.54. The number of fused-ring (bicyclic) bond motifs is 3. The van der Waals surface area contributed by atoms with Crippen LogP contribution in [0.4, 0.5) is 4.79 Å². The van der Waals surface area contributed by atoms with E-state index in [0.717, 1.165) is 11.1 Å². The van der Waals surface area contributed by atoms with Crippen LogP contribution in [0.5, 0.6) is 0 Å². The molecule has 7 nitrogen and oxygen atoms in total. The molecule has 2 aromatic carbocycles. The van der Waals surface area contributed by atoms with E-state index in [4.69, 9.17) is 9.84 Å². The van der Waals surface area contributed by atoms with Crippen LogP contribution in [0.3, 0.4) is 0 Å². The number of carboxylic acids is 1. The molecule has 5 rings (SSSR count). The molecule has 0 saturated heterocycles. The zero-order valence-electron chi connectivity index (χ0n) is 18.1. The van der Waals surface area contributed by atoms with E-state index in [-0.39, 0.29) is 36.3 Å². The molecule has 2 amide bonds. The molecule has 170 valence electrons. The summed E-state index contributed by atoms with van der Waals surface area (Å²) in [6, 6.07) is 16.2. The van der Waals surface area contributed by atoms with Gasteiger partial charge in [-0.3, -0.25) is 4.79 Å². The van der Waals surface area contributed by atoms with E-state index < -0.39 is 12.1 Å². The van der Waals surface area contributed by atoms with Crippen molar-refractivity contribution in [3.05, 3.63) is 71.3 Å². The minimum atomic E-state index is -0.927. The summed E-state index contributed by atoms with van der Waals surface area (Å²) in [5.74, 6) is -1.05. The molecule has 7 heteroatoms. The zero-order valence-corrected chi connectivity index (χ0v) is 18.1. The van der Waals surface area contributed by atoms with E-state index in [2.05, 4.69) is 34.9 Å². The van der Waals surface area contributed by atoms with Crippen LogP contribution >= 0.6 is 0 Å². The number of carbonyl (C=O) groups is 3. The second-order valence-corrected chi connectivity index (χ2v) is 8.99. The summed E-state index contributed by atoms with van der Waals surface area (Å²) in [5, 5.41) is 14.7. The van der Waals surface area contributed by atoms with Gasteiger partial charge in [0.1, 0.15) is 6.61 Å². The molecular weight excluding hydrogens is 420 g/mol. The number of alkyl carbamates (subject to hydrolysis) is 1. The Morgan fingerprint density at radius 3 is 2.30 bits per heavy atom. The summed E-state index contributed by atoms with van der Waals surface area (Å²) >= 11 is 0. The molecule has 0 bridgehead atoms. The molecule has 33 heavy (non-hydrogen) atoms. The van der Waals surface area contributed by atoms with Crippen molar-refractivity contribution in [2.75, 3.05) is 13.2 Å². The van der Waals surface area contributed by atoms with Crippen LogP contribution in [0.1, 0.15) is 36.3 Å². The minimum absolute atomic E-state index is 0.0123. The SMILES string of the molecule is O=C(NC[C@H]1C[C@H]1C(=O)NC1CC=C(C(=O)O)C1)OCC1c2ccccc2-c2ccccc21. The van der Waals surface area contributed by atoms with Crippen molar-refractivity contribution in [1.29, 1.82) is 0 Å². The lowest BCUT2D eigenvalue weighted by atomic mass is 9.98. The first-order valence-corrected chi connectivity index (χ1v) is 11.3. The Balaban J connectivity index is 1.07. The van der Waals surface area contributed by atoms with E-state index in [0.29, 0.717) is 31.4 Å². The Morgan fingerprint density at radius 1 is 1.00 bits per heavy atom. The fourth-order valence-electron chi connectivity index (χ4n) is 4.97. The molecule has 2 aromatic rings. The number of carboxylic acid groups (broad SMARTS) is 1. The zero-order chi connectivity index (χ0) is 22.9. The Labute approximate surface area is 191 Å². The van der Waals surface area contributed by atoms with E-state index in [1.54, 1.807) is 6.08 Å². The Hall–Kier alpha value is -3.61. The second kappa shape index (κ2) is 8.73. The first kappa shape index (κ1) is 21.2. The second-order valence-electron chi connectivity index (χ2n) is 8.99. The molecule has 3 N–H and O–H groups in total. The number of rotatable bonds is 7. The first-order valence-electron chi connectivity index (χ1n) is 11.3. The van der Waals surface area contributed by atoms with Crippen molar-refractivity contribution in [2.24, 2.45) is 11.8 Å². The number of carbonyl (C=O) groups excluding carboxylic acids is 2. The van der Waals surface area contributed by atoms with Gasteiger partial charge in [0.25, 0.3) is 0 Å². The van der Waals surface area contributed by atoms with E-state index in [1.807, 2.05) is 24.3 Å². The van der Waals surface area contributed by atoms with E-state index in [1.165, 1.54) is 11.1 Å². The van der Waals surface area contributed by atoms with Gasteiger partial charge in [0.05, 0.1) is 0 Å². The highest BCUT2D eigenvalue weighted by molar-refractivity contribution is 5.88. The molecule has 3 aliphatic rings. The average molecular weight is 447 g/mol. The summed E-state index contributed by atoms with van der Waals surface area (Å²) in [7, 11) is 0. The third kappa shape index (κ3) is 4.35. The topological polar surface area (TPSA) is 105 Å². The number of hydrogen-bond acceptors (Lipinski definition) is 4. The first-order chi connectivity index (χ1) is 16.0. The molecule has 0 aliphatic heterocycles. The Bertz CT molecular complexity index is 1100. The Kier molecular flexibility index (Phi) is 5.62. The fraction of sp³-hybridized carbons (Fsp3) is 0.346. The summed E-state index contributed by atoms with van der Waals surface area (Å²) in [4.78, 5) is 35.7. The third-order valence-corrected chi connectivity index (χ3v) is 6.85. The van der Waals surface area contributed by atoms with E-state index >= 15 is 0 Å². The highest BCUT2D eigenvalue weighted by atomic mass is 16.5. The molecular formula is C26H26N2O5. The molecule has 0 spiro atoms. The normalized spacial score (nSPS) is 22.7. The van der Waals surface area contributed by atoms with Crippen LogP contribution in [0.25, 0.3) is 11.1 Å². The molecule has 3 aliphatic carbocycles. The van der Waals surface area contributed by atoms with Crippen molar-refractivity contribution in [3.8, 4) is 11.1 Å². The number of nitrogens with one attached hydrogen (secondary N) is 2. The standard InChI is InChI=1S/C26H26N2O5/c29-24(28-17-10-9-15(11-17)25(30)31)22-12-16(22)13-27-26(32)33-14-23-20-7-3-1-5-18(20)19-6-2-4-8-21(19)23/h1-9,16-17,22-23H,10-14H2,(H,27,32)(H,28,29)(H,30,31)/t16-,17?,22-/m1/s1. The highest BCUT2D eigenvalue weighted by Crippen LogP contribution is 2.44. The van der Waals surface area contributed by atoms with Gasteiger partial charge in [-0.2, -0.15) is 0 Å². The summed E-state index contributed by atoms with van der Waals surface area (Å²) in [5.41, 5.74) is 5.05. The monoisotopic (exact) mass is 446 g/mol. The van der Waals surface area contributed by atoms with Crippen molar-refractivity contribution in [3.63, 3.8) is 0 Å². The number of benzene rings is 2. The molecule has 0 heterocycles. The van der Waals surface area contributed by atoms with Crippen LogP contribution in [-0.2, 0) is 14.3 Å². The lowest BCUT2D eigenvalue weighted by molar-refractivity contribution is -0.133. The van der Waals surface area contributed by atoms with Crippen molar-refractivity contribution in [1.82, 2.24) is 10.6 Å². The molecule has 3 atom stereocenters. The maximum absolute atomic E-state index is 12.4. The van der Waals surface area contributed by atoms with Crippen LogP contribution in [-0.4, -0.2) is 42.3 Å². The van der Waals surface area contributed by atoms with Gasteiger partial charge in [0, 0.05) is 30.0 Å². The maximum atomic E-state index is 12.4. The van der Waals surface area contributed by atoms with Gasteiger partial charge in [0.15, 0.2) is 0 Å².